The second-order valence-corrected chi connectivity index (χ2v) is 9.01. The van der Waals surface area contributed by atoms with Gasteiger partial charge in [0.05, 0.1) is 38.6 Å². The van der Waals surface area contributed by atoms with Crippen molar-refractivity contribution in [3.8, 4) is 11.5 Å². The Labute approximate surface area is 211 Å². The molecule has 4 rings (SSSR count). The number of carbonyl (C=O) groups is 3. The number of esters is 1. The lowest BCUT2D eigenvalue weighted by atomic mass is 9.94. The fraction of sp³-hybridized carbons (Fsp3) is 0.231. The number of benzene rings is 2. The second-order valence-electron chi connectivity index (χ2n) is 8.03. The smallest absolute Gasteiger partial charge is 0.350 e. The van der Waals surface area contributed by atoms with E-state index in [4.69, 9.17) is 14.2 Å². The predicted molar refractivity (Wildman–Crippen MR) is 134 cm³/mol. The molecule has 1 aliphatic heterocycles. The molecule has 3 aromatic rings. The van der Waals surface area contributed by atoms with Gasteiger partial charge in [-0.2, -0.15) is 0 Å². The van der Waals surface area contributed by atoms with E-state index in [1.54, 1.807) is 56.3 Å². The summed E-state index contributed by atoms with van der Waals surface area (Å²) >= 11 is 0.936. The average Bonchev–Trinajstić information content (AvgIpc) is 3.39. The summed E-state index contributed by atoms with van der Waals surface area (Å²) in [6, 6.07) is 10.8. The van der Waals surface area contributed by atoms with Gasteiger partial charge in [0.25, 0.3) is 5.78 Å². The molecule has 1 aliphatic rings. The Hall–Kier alpha value is -4.18. The number of thiazole rings is 1. The van der Waals surface area contributed by atoms with E-state index < -0.39 is 23.7 Å². The van der Waals surface area contributed by atoms with Crippen LogP contribution in [0, 0.1) is 13.8 Å². The van der Waals surface area contributed by atoms with Gasteiger partial charge in [-0.15, -0.1) is 0 Å². The fourth-order valence-corrected chi connectivity index (χ4v) is 5.12. The van der Waals surface area contributed by atoms with Crippen LogP contribution in [-0.4, -0.2) is 49.1 Å². The molecule has 1 aromatic heterocycles. The lowest BCUT2D eigenvalue weighted by molar-refractivity contribution is -0.132. The predicted octanol–water partition coefficient (Wildman–Crippen LogP) is 4.19. The van der Waals surface area contributed by atoms with Gasteiger partial charge >= 0.3 is 11.9 Å². The zero-order valence-corrected chi connectivity index (χ0v) is 21.1. The van der Waals surface area contributed by atoms with Crippen LogP contribution < -0.4 is 14.4 Å². The Balaban J connectivity index is 1.95. The molecule has 36 heavy (non-hydrogen) atoms. The van der Waals surface area contributed by atoms with Crippen LogP contribution in [0.3, 0.4) is 0 Å². The number of Topliss-reactive ketones (excluding diaryl/α,β-unsaturated/α-hetero) is 1. The quantitative estimate of drug-likeness (QED) is 0.228. The summed E-state index contributed by atoms with van der Waals surface area (Å²) in [5.41, 5.74) is 1.87. The topological polar surface area (TPSA) is 115 Å². The maximum absolute atomic E-state index is 13.4. The molecule has 1 amide bonds. The molecule has 0 saturated carbocycles. The third-order valence-electron chi connectivity index (χ3n) is 5.88. The minimum atomic E-state index is -1.02. The summed E-state index contributed by atoms with van der Waals surface area (Å²) in [5.74, 6) is -1.56. The van der Waals surface area contributed by atoms with Crippen LogP contribution in [0.25, 0.3) is 5.76 Å². The molecule has 1 unspecified atom stereocenters. The molecule has 1 saturated heterocycles. The number of aromatic nitrogens is 1. The van der Waals surface area contributed by atoms with Crippen LogP contribution in [0.2, 0.25) is 0 Å². The van der Waals surface area contributed by atoms with Gasteiger partial charge in [-0.25, -0.2) is 9.78 Å². The zero-order chi connectivity index (χ0) is 26.1. The van der Waals surface area contributed by atoms with E-state index in [0.29, 0.717) is 28.3 Å². The van der Waals surface area contributed by atoms with Gasteiger partial charge in [0.1, 0.15) is 22.1 Å². The van der Waals surface area contributed by atoms with Crippen molar-refractivity contribution in [2.75, 3.05) is 26.2 Å². The Morgan fingerprint density at radius 3 is 2.44 bits per heavy atom. The molecule has 2 heterocycles. The third-order valence-corrected chi connectivity index (χ3v) is 7.02. The summed E-state index contributed by atoms with van der Waals surface area (Å²) in [4.78, 5) is 44.7. The van der Waals surface area contributed by atoms with E-state index in [9.17, 15) is 19.5 Å². The van der Waals surface area contributed by atoms with Crippen LogP contribution in [0.5, 0.6) is 11.5 Å². The summed E-state index contributed by atoms with van der Waals surface area (Å²) < 4.78 is 15.5. The number of carbonyl (C=O) groups excluding carboxylic acids is 3. The standard InChI is InChI=1S/C26H24N2O7S/c1-13-11-16(9-10-18(13)34-4)21(29)19-20(15-7-6-8-17(12-15)33-3)28(24(31)22(19)30)26-27-14(2)23(36-26)25(32)35-5/h6-12,20,29H,1-5H3/b21-19+. The molecule has 0 radical (unpaired) electrons. The summed E-state index contributed by atoms with van der Waals surface area (Å²) in [7, 11) is 4.29. The number of nitrogens with zero attached hydrogens (tertiary/aromatic N) is 2. The average molecular weight is 509 g/mol. The van der Waals surface area contributed by atoms with Crippen LogP contribution in [0.4, 0.5) is 5.13 Å². The molecule has 9 nitrogen and oxygen atoms in total. The van der Waals surface area contributed by atoms with E-state index in [0.717, 1.165) is 16.9 Å². The number of hydrogen-bond acceptors (Lipinski definition) is 9. The molecule has 1 fully saturated rings. The molecule has 0 aliphatic carbocycles. The van der Waals surface area contributed by atoms with Crippen molar-refractivity contribution in [2.45, 2.75) is 19.9 Å². The van der Waals surface area contributed by atoms with Gasteiger partial charge in [0.15, 0.2) is 5.13 Å². The molecule has 1 N–H and O–H groups in total. The molecular weight excluding hydrogens is 484 g/mol. The lowest BCUT2D eigenvalue weighted by Gasteiger charge is -2.23. The first-order chi connectivity index (χ1) is 17.2. The van der Waals surface area contributed by atoms with E-state index in [2.05, 4.69) is 4.98 Å². The third kappa shape index (κ3) is 4.20. The van der Waals surface area contributed by atoms with Gasteiger partial charge in [0, 0.05) is 5.56 Å². The van der Waals surface area contributed by atoms with Crippen molar-refractivity contribution in [3.63, 3.8) is 0 Å². The molecule has 1 atom stereocenters. The highest BCUT2D eigenvalue weighted by molar-refractivity contribution is 7.17. The molecule has 186 valence electrons. The van der Waals surface area contributed by atoms with Gasteiger partial charge in [-0.1, -0.05) is 23.5 Å². The van der Waals surface area contributed by atoms with Crippen molar-refractivity contribution in [3.05, 3.63) is 75.3 Å². The van der Waals surface area contributed by atoms with Crippen molar-refractivity contribution in [2.24, 2.45) is 0 Å². The highest BCUT2D eigenvalue weighted by Crippen LogP contribution is 2.44. The Bertz CT molecular complexity index is 1410. The lowest BCUT2D eigenvalue weighted by Crippen LogP contribution is -2.29. The van der Waals surface area contributed by atoms with Crippen LogP contribution in [0.1, 0.15) is 38.1 Å². The first-order valence-electron chi connectivity index (χ1n) is 10.9. The Morgan fingerprint density at radius 1 is 1.06 bits per heavy atom. The van der Waals surface area contributed by atoms with Crippen LogP contribution >= 0.6 is 11.3 Å². The molecular formula is C26H24N2O7S. The van der Waals surface area contributed by atoms with E-state index in [1.165, 1.54) is 26.2 Å². The summed E-state index contributed by atoms with van der Waals surface area (Å²) in [5, 5.41) is 11.5. The Kier molecular flexibility index (Phi) is 6.80. The SMILES string of the molecule is COC(=O)c1sc(N2C(=O)C(=O)/C(=C(/O)c3ccc(OC)c(C)c3)C2c2cccc(OC)c2)nc1C. The number of aryl methyl sites for hydroxylation is 2. The maximum atomic E-state index is 13.4. The number of aliphatic hydroxyl groups excluding tert-OH is 1. The van der Waals surface area contributed by atoms with Crippen molar-refractivity contribution in [1.29, 1.82) is 0 Å². The summed E-state index contributed by atoms with van der Waals surface area (Å²) in [6.07, 6.45) is 0. The zero-order valence-electron chi connectivity index (χ0n) is 20.3. The van der Waals surface area contributed by atoms with Gasteiger partial charge < -0.3 is 19.3 Å². The molecule has 2 aromatic carbocycles. The highest BCUT2D eigenvalue weighted by atomic mass is 32.1. The number of hydrogen-bond donors (Lipinski definition) is 1. The number of rotatable bonds is 6. The normalized spacial score (nSPS) is 16.8. The first-order valence-corrected chi connectivity index (χ1v) is 11.7. The minimum Gasteiger partial charge on any atom is -0.507 e. The molecule has 0 spiro atoms. The van der Waals surface area contributed by atoms with Crippen molar-refractivity contribution >= 4 is 39.9 Å². The first kappa shape index (κ1) is 24.9. The second kappa shape index (κ2) is 9.82. The number of ether oxygens (including phenoxy) is 3. The van der Waals surface area contributed by atoms with Crippen LogP contribution in [-0.2, 0) is 14.3 Å². The van der Waals surface area contributed by atoms with Crippen molar-refractivity contribution in [1.82, 2.24) is 4.98 Å². The van der Waals surface area contributed by atoms with Gasteiger partial charge in [0.2, 0.25) is 0 Å². The molecule has 10 heteroatoms. The summed E-state index contributed by atoms with van der Waals surface area (Å²) in [6.45, 7) is 3.42. The monoisotopic (exact) mass is 508 g/mol. The van der Waals surface area contributed by atoms with Gasteiger partial charge in [-0.05, 0) is 55.3 Å². The number of amides is 1. The maximum Gasteiger partial charge on any atom is 0.350 e. The van der Waals surface area contributed by atoms with Crippen LogP contribution in [0.15, 0.2) is 48.0 Å². The largest absolute Gasteiger partial charge is 0.507 e. The van der Waals surface area contributed by atoms with Crippen molar-refractivity contribution < 1.29 is 33.7 Å². The number of anilines is 1. The number of ketones is 1. The van der Waals surface area contributed by atoms with Gasteiger partial charge in [-0.3, -0.25) is 14.5 Å². The van der Waals surface area contributed by atoms with E-state index in [1.807, 2.05) is 0 Å². The number of methoxy groups -OCH3 is 3. The van der Waals surface area contributed by atoms with E-state index in [-0.39, 0.29) is 21.3 Å². The minimum absolute atomic E-state index is 0.106. The fourth-order valence-electron chi connectivity index (χ4n) is 4.11. The highest BCUT2D eigenvalue weighted by Gasteiger charge is 2.48. The number of aliphatic hydroxyl groups is 1. The molecule has 0 bridgehead atoms. The van der Waals surface area contributed by atoms with E-state index >= 15 is 0 Å². The Morgan fingerprint density at radius 2 is 1.81 bits per heavy atom.